The van der Waals surface area contributed by atoms with E-state index in [4.69, 9.17) is 27.6 Å². The maximum atomic E-state index is 12.2. The standard InChI is InChI=1S/C14H9Cl2N5O2/c1-7-20-21-14(23-7)19-13(22)12-5-11(17-6-18-12)8-2-3-9(15)10(16)4-8/h2-6H,1H3,(H,19,21,22). The first kappa shape index (κ1) is 15.4. The maximum Gasteiger partial charge on any atom is 0.322 e. The third-order valence-electron chi connectivity index (χ3n) is 2.86. The predicted octanol–water partition coefficient (Wildman–Crippen LogP) is 3.39. The molecule has 0 fully saturated rings. The van der Waals surface area contributed by atoms with E-state index in [0.717, 1.165) is 0 Å². The number of carbonyl (C=O) groups is 1. The molecule has 0 aliphatic heterocycles. The second kappa shape index (κ2) is 6.31. The van der Waals surface area contributed by atoms with Crippen molar-refractivity contribution >= 4 is 35.1 Å². The molecule has 0 aliphatic rings. The monoisotopic (exact) mass is 349 g/mol. The number of aryl methyl sites for hydroxylation is 1. The summed E-state index contributed by atoms with van der Waals surface area (Å²) in [6, 6.07) is 6.59. The summed E-state index contributed by atoms with van der Waals surface area (Å²) in [6.45, 7) is 1.62. The molecule has 0 saturated carbocycles. The number of anilines is 1. The zero-order chi connectivity index (χ0) is 16.4. The lowest BCUT2D eigenvalue weighted by Gasteiger charge is -2.04. The molecule has 116 valence electrons. The van der Waals surface area contributed by atoms with Crippen LogP contribution < -0.4 is 5.32 Å². The van der Waals surface area contributed by atoms with Gasteiger partial charge in [0.25, 0.3) is 5.91 Å². The lowest BCUT2D eigenvalue weighted by Crippen LogP contribution is -2.14. The molecule has 1 N–H and O–H groups in total. The molecule has 0 unspecified atom stereocenters. The number of halogens is 2. The van der Waals surface area contributed by atoms with Gasteiger partial charge in [-0.2, -0.15) is 0 Å². The normalized spacial score (nSPS) is 10.6. The molecular formula is C14H9Cl2N5O2. The minimum Gasteiger partial charge on any atom is -0.408 e. The van der Waals surface area contributed by atoms with E-state index in [2.05, 4.69) is 25.5 Å². The van der Waals surface area contributed by atoms with Gasteiger partial charge in [0.1, 0.15) is 12.0 Å². The summed E-state index contributed by atoms with van der Waals surface area (Å²) in [5.41, 5.74) is 1.40. The van der Waals surface area contributed by atoms with Gasteiger partial charge in [0, 0.05) is 12.5 Å². The van der Waals surface area contributed by atoms with Crippen LogP contribution in [0.3, 0.4) is 0 Å². The van der Waals surface area contributed by atoms with E-state index in [1.165, 1.54) is 12.4 Å². The van der Waals surface area contributed by atoms with E-state index < -0.39 is 5.91 Å². The number of nitrogens with zero attached hydrogens (tertiary/aromatic N) is 4. The van der Waals surface area contributed by atoms with Crippen molar-refractivity contribution in [2.75, 3.05) is 5.32 Å². The van der Waals surface area contributed by atoms with Crippen LogP contribution in [-0.2, 0) is 0 Å². The van der Waals surface area contributed by atoms with E-state index in [0.29, 0.717) is 27.2 Å². The van der Waals surface area contributed by atoms with Crippen molar-refractivity contribution in [2.24, 2.45) is 0 Å². The number of hydrogen-bond acceptors (Lipinski definition) is 6. The summed E-state index contributed by atoms with van der Waals surface area (Å²) in [6.07, 6.45) is 1.28. The number of rotatable bonds is 3. The molecule has 0 bridgehead atoms. The summed E-state index contributed by atoms with van der Waals surface area (Å²) >= 11 is 11.9. The van der Waals surface area contributed by atoms with Crippen molar-refractivity contribution in [2.45, 2.75) is 6.92 Å². The lowest BCUT2D eigenvalue weighted by molar-refractivity contribution is 0.101. The van der Waals surface area contributed by atoms with Gasteiger partial charge in [-0.1, -0.05) is 34.4 Å². The van der Waals surface area contributed by atoms with E-state index in [1.54, 1.807) is 25.1 Å². The molecule has 9 heteroatoms. The van der Waals surface area contributed by atoms with Crippen LogP contribution in [0.5, 0.6) is 0 Å². The van der Waals surface area contributed by atoms with Crippen LogP contribution in [0.1, 0.15) is 16.4 Å². The van der Waals surface area contributed by atoms with Gasteiger partial charge in [0.2, 0.25) is 5.89 Å². The van der Waals surface area contributed by atoms with E-state index in [1.807, 2.05) is 0 Å². The highest BCUT2D eigenvalue weighted by atomic mass is 35.5. The van der Waals surface area contributed by atoms with Crippen LogP contribution in [0.15, 0.2) is 35.0 Å². The van der Waals surface area contributed by atoms with Gasteiger partial charge in [-0.3, -0.25) is 10.1 Å². The van der Waals surface area contributed by atoms with Crippen molar-refractivity contribution < 1.29 is 9.21 Å². The van der Waals surface area contributed by atoms with E-state index in [9.17, 15) is 4.79 Å². The molecule has 1 aromatic carbocycles. The Morgan fingerprint density at radius 3 is 2.65 bits per heavy atom. The van der Waals surface area contributed by atoms with Crippen LogP contribution >= 0.6 is 23.2 Å². The van der Waals surface area contributed by atoms with Crippen molar-refractivity contribution in [3.63, 3.8) is 0 Å². The molecule has 2 heterocycles. The van der Waals surface area contributed by atoms with Crippen molar-refractivity contribution in [3.05, 3.63) is 52.2 Å². The highest BCUT2D eigenvalue weighted by Gasteiger charge is 2.13. The molecule has 1 amide bonds. The summed E-state index contributed by atoms with van der Waals surface area (Å²) in [5.74, 6) is -0.142. The van der Waals surface area contributed by atoms with Gasteiger partial charge in [-0.05, 0) is 18.2 Å². The van der Waals surface area contributed by atoms with Crippen LogP contribution in [0.4, 0.5) is 6.01 Å². The Hall–Kier alpha value is -2.51. The Labute approximate surface area is 140 Å². The SMILES string of the molecule is Cc1nnc(NC(=O)c2cc(-c3ccc(Cl)c(Cl)c3)ncn2)o1. The molecule has 0 radical (unpaired) electrons. The van der Waals surface area contributed by atoms with Gasteiger partial charge in [-0.15, -0.1) is 5.10 Å². The van der Waals surface area contributed by atoms with E-state index >= 15 is 0 Å². The zero-order valence-electron chi connectivity index (χ0n) is 11.7. The average molecular weight is 350 g/mol. The number of aromatic nitrogens is 4. The molecule has 3 aromatic rings. The first-order chi connectivity index (χ1) is 11.0. The van der Waals surface area contributed by atoms with Crippen LogP contribution in [0.25, 0.3) is 11.3 Å². The number of hydrogen-bond donors (Lipinski definition) is 1. The molecule has 0 atom stereocenters. The highest BCUT2D eigenvalue weighted by Crippen LogP contribution is 2.27. The van der Waals surface area contributed by atoms with Gasteiger partial charge < -0.3 is 4.42 Å². The largest absolute Gasteiger partial charge is 0.408 e. The first-order valence-corrected chi connectivity index (χ1v) is 7.17. The molecule has 23 heavy (non-hydrogen) atoms. The first-order valence-electron chi connectivity index (χ1n) is 6.42. The maximum absolute atomic E-state index is 12.2. The molecule has 3 rings (SSSR count). The molecule has 7 nitrogen and oxygen atoms in total. The highest BCUT2D eigenvalue weighted by molar-refractivity contribution is 6.42. The smallest absolute Gasteiger partial charge is 0.322 e. The quantitative estimate of drug-likeness (QED) is 0.778. The fourth-order valence-electron chi connectivity index (χ4n) is 1.80. The summed E-state index contributed by atoms with van der Waals surface area (Å²) in [4.78, 5) is 20.2. The molecule has 0 aliphatic carbocycles. The van der Waals surface area contributed by atoms with Crippen LogP contribution in [0, 0.1) is 6.92 Å². The lowest BCUT2D eigenvalue weighted by atomic mass is 10.1. The van der Waals surface area contributed by atoms with Crippen molar-refractivity contribution in [1.82, 2.24) is 20.2 Å². The fourth-order valence-corrected chi connectivity index (χ4v) is 2.10. The van der Waals surface area contributed by atoms with Crippen molar-refractivity contribution in [3.8, 4) is 11.3 Å². The van der Waals surface area contributed by atoms with E-state index in [-0.39, 0.29) is 11.7 Å². The molecule has 2 aromatic heterocycles. The van der Waals surface area contributed by atoms with Crippen LogP contribution in [-0.4, -0.2) is 26.1 Å². The topological polar surface area (TPSA) is 93.8 Å². The Morgan fingerprint density at radius 2 is 1.96 bits per heavy atom. The summed E-state index contributed by atoms with van der Waals surface area (Å²) in [5, 5.41) is 10.6. The summed E-state index contributed by atoms with van der Waals surface area (Å²) < 4.78 is 5.09. The number of amides is 1. The Morgan fingerprint density at radius 1 is 1.13 bits per heavy atom. The number of carbonyl (C=O) groups excluding carboxylic acids is 1. The van der Waals surface area contributed by atoms with Gasteiger partial charge in [-0.25, -0.2) is 9.97 Å². The Kier molecular flexibility index (Phi) is 4.22. The number of benzene rings is 1. The minimum atomic E-state index is -0.489. The molecule has 0 spiro atoms. The van der Waals surface area contributed by atoms with Gasteiger partial charge >= 0.3 is 6.01 Å². The molecular weight excluding hydrogens is 341 g/mol. The zero-order valence-corrected chi connectivity index (χ0v) is 13.3. The summed E-state index contributed by atoms with van der Waals surface area (Å²) in [7, 11) is 0. The third kappa shape index (κ3) is 3.46. The van der Waals surface area contributed by atoms with Crippen LogP contribution in [0.2, 0.25) is 10.0 Å². The fraction of sp³-hybridized carbons (Fsp3) is 0.0714. The number of nitrogens with one attached hydrogen (secondary N) is 1. The Bertz CT molecular complexity index is 881. The second-order valence-corrected chi connectivity index (χ2v) is 5.31. The third-order valence-corrected chi connectivity index (χ3v) is 3.60. The minimum absolute atomic E-state index is 0.00204. The average Bonchev–Trinajstić information content (AvgIpc) is 2.95. The van der Waals surface area contributed by atoms with Gasteiger partial charge in [0.05, 0.1) is 15.7 Å². The van der Waals surface area contributed by atoms with Crippen molar-refractivity contribution in [1.29, 1.82) is 0 Å². The Balaban J connectivity index is 1.87. The molecule has 0 saturated heterocycles. The predicted molar refractivity (Wildman–Crippen MR) is 84.5 cm³/mol. The van der Waals surface area contributed by atoms with Gasteiger partial charge in [0.15, 0.2) is 0 Å². The second-order valence-electron chi connectivity index (χ2n) is 4.50.